The van der Waals surface area contributed by atoms with Crippen LogP contribution in [0.2, 0.25) is 0 Å². The molecule has 2 nitrogen and oxygen atoms in total. The number of hydrogen-bond acceptors (Lipinski definition) is 2. The molecule has 0 aliphatic heterocycles. The van der Waals surface area contributed by atoms with Crippen molar-refractivity contribution < 1.29 is 9.53 Å². The van der Waals surface area contributed by atoms with Crippen molar-refractivity contribution in [1.82, 2.24) is 0 Å². The largest absolute Gasteiger partial charge is 0.463 e. The maximum atomic E-state index is 11.1. The molecule has 0 aromatic carbocycles. The molecule has 0 aromatic rings. The Labute approximate surface area is 138 Å². The normalized spacial score (nSPS) is 12.5. The smallest absolute Gasteiger partial charge is 0.302 e. The van der Waals surface area contributed by atoms with Crippen molar-refractivity contribution in [3.05, 3.63) is 24.8 Å². The minimum Gasteiger partial charge on any atom is -0.463 e. The number of esters is 1. The van der Waals surface area contributed by atoms with Crippen molar-refractivity contribution in [2.24, 2.45) is 0 Å². The summed E-state index contributed by atoms with van der Waals surface area (Å²) in [5.41, 5.74) is 0. The fourth-order valence-electron chi connectivity index (χ4n) is 2.65. The van der Waals surface area contributed by atoms with E-state index in [9.17, 15) is 4.79 Å². The van der Waals surface area contributed by atoms with Crippen molar-refractivity contribution in [3.8, 4) is 0 Å². The van der Waals surface area contributed by atoms with Gasteiger partial charge in [-0.3, -0.25) is 4.79 Å². The Morgan fingerprint density at radius 1 is 1.00 bits per heavy atom. The standard InChI is InChI=1S/C20H36O2/c1-4-6-8-9-10-11-12-13-14-16-18-20(22-19(3)21)17-15-7-5-2/h4,6,8,20H,1,5,7,9-18H2,2-3H3/b8-6-. The van der Waals surface area contributed by atoms with Crippen LogP contribution in [-0.2, 0) is 9.53 Å². The van der Waals surface area contributed by atoms with Gasteiger partial charge in [-0.2, -0.15) is 0 Å². The predicted molar refractivity (Wildman–Crippen MR) is 96.0 cm³/mol. The van der Waals surface area contributed by atoms with Crippen LogP contribution in [0.5, 0.6) is 0 Å². The number of hydrogen-bond donors (Lipinski definition) is 0. The third-order valence-electron chi connectivity index (χ3n) is 3.88. The minimum absolute atomic E-state index is 0.130. The van der Waals surface area contributed by atoms with Crippen molar-refractivity contribution in [2.45, 2.75) is 97.0 Å². The first-order valence-corrected chi connectivity index (χ1v) is 9.15. The van der Waals surface area contributed by atoms with Gasteiger partial charge in [-0.1, -0.05) is 70.3 Å². The summed E-state index contributed by atoms with van der Waals surface area (Å²) in [5, 5.41) is 0. The van der Waals surface area contributed by atoms with E-state index in [1.807, 2.05) is 12.2 Å². The predicted octanol–water partition coefficient (Wildman–Crippen LogP) is 6.36. The van der Waals surface area contributed by atoms with Crippen molar-refractivity contribution in [3.63, 3.8) is 0 Å². The molecule has 0 saturated carbocycles. The average molecular weight is 309 g/mol. The maximum absolute atomic E-state index is 11.1. The molecule has 0 amide bonds. The quantitative estimate of drug-likeness (QED) is 0.200. The minimum atomic E-state index is -0.130. The second kappa shape index (κ2) is 16.3. The third-order valence-corrected chi connectivity index (χ3v) is 3.88. The molecule has 0 saturated heterocycles. The molecule has 0 spiro atoms. The Morgan fingerprint density at radius 2 is 1.59 bits per heavy atom. The van der Waals surface area contributed by atoms with Crippen LogP contribution in [0.1, 0.15) is 90.9 Å². The van der Waals surface area contributed by atoms with E-state index in [1.54, 1.807) is 0 Å². The molecule has 0 aromatic heterocycles. The number of carbonyl (C=O) groups excluding carboxylic acids is 1. The number of carbonyl (C=O) groups is 1. The molecule has 0 aliphatic rings. The van der Waals surface area contributed by atoms with Gasteiger partial charge in [0.2, 0.25) is 0 Å². The van der Waals surface area contributed by atoms with E-state index in [2.05, 4.69) is 19.6 Å². The zero-order chi connectivity index (χ0) is 16.5. The Kier molecular flexibility index (Phi) is 15.5. The van der Waals surface area contributed by atoms with Crippen molar-refractivity contribution in [2.75, 3.05) is 0 Å². The first-order chi connectivity index (χ1) is 10.7. The molecule has 1 atom stereocenters. The molecule has 0 heterocycles. The number of allylic oxidation sites excluding steroid dienone is 3. The Balaban J connectivity index is 3.55. The van der Waals surface area contributed by atoms with Gasteiger partial charge in [0.1, 0.15) is 6.10 Å². The van der Waals surface area contributed by atoms with Crippen LogP contribution in [0, 0.1) is 0 Å². The van der Waals surface area contributed by atoms with Crippen LogP contribution in [0.4, 0.5) is 0 Å². The van der Waals surface area contributed by atoms with Crippen LogP contribution >= 0.6 is 0 Å². The molecule has 0 radical (unpaired) electrons. The lowest BCUT2D eigenvalue weighted by molar-refractivity contribution is -0.147. The molecule has 2 heteroatoms. The van der Waals surface area contributed by atoms with E-state index < -0.39 is 0 Å². The summed E-state index contributed by atoms with van der Waals surface area (Å²) in [6.07, 6.45) is 20.7. The summed E-state index contributed by atoms with van der Waals surface area (Å²) in [7, 11) is 0. The summed E-state index contributed by atoms with van der Waals surface area (Å²) >= 11 is 0. The highest BCUT2D eigenvalue weighted by Crippen LogP contribution is 2.16. The van der Waals surface area contributed by atoms with Crippen molar-refractivity contribution in [1.29, 1.82) is 0 Å². The number of ether oxygens (including phenoxy) is 1. The molecule has 0 bridgehead atoms. The van der Waals surface area contributed by atoms with Gasteiger partial charge < -0.3 is 4.74 Å². The van der Waals surface area contributed by atoms with Gasteiger partial charge in [0, 0.05) is 6.92 Å². The Bertz CT molecular complexity index is 294. The summed E-state index contributed by atoms with van der Waals surface area (Å²) in [6, 6.07) is 0. The number of unbranched alkanes of at least 4 members (excludes halogenated alkanes) is 8. The van der Waals surface area contributed by atoms with Gasteiger partial charge in [0.05, 0.1) is 0 Å². The monoisotopic (exact) mass is 308 g/mol. The molecule has 0 rings (SSSR count). The van der Waals surface area contributed by atoms with Crippen LogP contribution in [-0.4, -0.2) is 12.1 Å². The van der Waals surface area contributed by atoms with E-state index in [1.165, 1.54) is 64.7 Å². The Hall–Kier alpha value is -1.05. The summed E-state index contributed by atoms with van der Waals surface area (Å²) in [6.45, 7) is 7.39. The highest BCUT2D eigenvalue weighted by Gasteiger charge is 2.11. The molecule has 128 valence electrons. The molecular formula is C20H36O2. The van der Waals surface area contributed by atoms with E-state index in [-0.39, 0.29) is 12.1 Å². The van der Waals surface area contributed by atoms with Crippen molar-refractivity contribution >= 4 is 5.97 Å². The van der Waals surface area contributed by atoms with E-state index >= 15 is 0 Å². The first-order valence-electron chi connectivity index (χ1n) is 9.15. The van der Waals surface area contributed by atoms with Crippen LogP contribution in [0.25, 0.3) is 0 Å². The molecule has 22 heavy (non-hydrogen) atoms. The number of rotatable bonds is 15. The molecule has 0 N–H and O–H groups in total. The lowest BCUT2D eigenvalue weighted by atomic mass is 10.0. The van der Waals surface area contributed by atoms with Gasteiger partial charge in [-0.05, 0) is 38.5 Å². The maximum Gasteiger partial charge on any atom is 0.302 e. The van der Waals surface area contributed by atoms with Gasteiger partial charge in [0.15, 0.2) is 0 Å². The van der Waals surface area contributed by atoms with Gasteiger partial charge >= 0.3 is 5.97 Å². The lowest BCUT2D eigenvalue weighted by Gasteiger charge is -2.16. The average Bonchev–Trinajstić information content (AvgIpc) is 2.48. The summed E-state index contributed by atoms with van der Waals surface area (Å²) in [5.74, 6) is -0.130. The summed E-state index contributed by atoms with van der Waals surface area (Å²) in [4.78, 5) is 11.1. The second-order valence-corrected chi connectivity index (χ2v) is 6.09. The lowest BCUT2D eigenvalue weighted by Crippen LogP contribution is -2.16. The fraction of sp³-hybridized carbons (Fsp3) is 0.750. The molecular weight excluding hydrogens is 272 g/mol. The van der Waals surface area contributed by atoms with Crippen LogP contribution < -0.4 is 0 Å². The SMILES string of the molecule is C=C/C=C\CCCCCCCCC(CCCCC)OC(C)=O. The third kappa shape index (κ3) is 15.3. The zero-order valence-corrected chi connectivity index (χ0v) is 14.8. The van der Waals surface area contributed by atoms with Gasteiger partial charge in [-0.15, -0.1) is 0 Å². The topological polar surface area (TPSA) is 26.3 Å². The Morgan fingerprint density at radius 3 is 2.18 bits per heavy atom. The van der Waals surface area contributed by atoms with Crippen LogP contribution in [0.3, 0.4) is 0 Å². The highest BCUT2D eigenvalue weighted by molar-refractivity contribution is 5.66. The first kappa shape index (κ1) is 20.9. The van der Waals surface area contributed by atoms with Gasteiger partial charge in [-0.25, -0.2) is 0 Å². The van der Waals surface area contributed by atoms with Crippen LogP contribution in [0.15, 0.2) is 24.8 Å². The summed E-state index contributed by atoms with van der Waals surface area (Å²) < 4.78 is 5.42. The molecule has 0 aliphatic carbocycles. The molecule has 1 unspecified atom stereocenters. The fourth-order valence-corrected chi connectivity index (χ4v) is 2.65. The van der Waals surface area contributed by atoms with E-state index in [0.717, 1.165) is 19.3 Å². The highest BCUT2D eigenvalue weighted by atomic mass is 16.5. The van der Waals surface area contributed by atoms with E-state index in [4.69, 9.17) is 4.74 Å². The molecule has 0 fully saturated rings. The second-order valence-electron chi connectivity index (χ2n) is 6.09. The van der Waals surface area contributed by atoms with E-state index in [0.29, 0.717) is 0 Å². The zero-order valence-electron chi connectivity index (χ0n) is 14.8. The van der Waals surface area contributed by atoms with Gasteiger partial charge in [0.25, 0.3) is 0 Å².